The third kappa shape index (κ3) is 2.95. The number of carbonyl (C=O) groups excluding carboxylic acids is 1. The van der Waals surface area contributed by atoms with Gasteiger partial charge in [-0.2, -0.15) is 0 Å². The molecule has 0 saturated carbocycles. The summed E-state index contributed by atoms with van der Waals surface area (Å²) in [4.78, 5) is 12.7. The fraction of sp³-hybridized carbons (Fsp3) is 0.133. The lowest BCUT2D eigenvalue weighted by Gasteiger charge is -2.19. The number of halogens is 3. The number of ketones is 1. The molecule has 0 amide bonds. The first-order valence-electron chi connectivity index (χ1n) is 6.44. The summed E-state index contributed by atoms with van der Waals surface area (Å²) >= 11 is 13.0. The lowest BCUT2D eigenvalue weighted by Crippen LogP contribution is -2.31. The number of para-hydroxylation sites is 1. The maximum atomic E-state index is 12.7. The first-order chi connectivity index (χ1) is 10.5. The van der Waals surface area contributed by atoms with Crippen LogP contribution in [0.4, 0.5) is 0 Å². The highest BCUT2D eigenvalue weighted by Gasteiger charge is 2.35. The molecule has 112 valence electrons. The Morgan fingerprint density at radius 2 is 1.82 bits per heavy atom. The molecular formula is C15H10Br2ClN3O. The van der Waals surface area contributed by atoms with Crippen molar-refractivity contribution in [1.82, 2.24) is 15.0 Å². The standard InChI is InChI=1S/C15H10Br2ClN3O/c16-15(17,14(22)10-5-1-2-6-11(10)18)9-21-13-8-4-3-7-12(13)19-20-21/h1-8H,9H2. The number of fused-ring (bicyclic) bond motifs is 1. The second-order valence-electron chi connectivity index (χ2n) is 4.75. The van der Waals surface area contributed by atoms with E-state index in [4.69, 9.17) is 11.6 Å². The van der Waals surface area contributed by atoms with Crippen molar-refractivity contribution in [2.45, 2.75) is 9.78 Å². The minimum atomic E-state index is -1.01. The lowest BCUT2D eigenvalue weighted by atomic mass is 10.1. The van der Waals surface area contributed by atoms with E-state index in [1.165, 1.54) is 0 Å². The van der Waals surface area contributed by atoms with E-state index in [2.05, 4.69) is 42.2 Å². The average molecular weight is 444 g/mol. The fourth-order valence-corrected chi connectivity index (χ4v) is 3.26. The van der Waals surface area contributed by atoms with Crippen LogP contribution in [0.25, 0.3) is 11.0 Å². The summed E-state index contributed by atoms with van der Waals surface area (Å²) in [5, 5.41) is 8.60. The number of Topliss-reactive ketones (excluding diaryl/α,β-unsaturated/α-hetero) is 1. The average Bonchev–Trinajstić information content (AvgIpc) is 2.90. The Balaban J connectivity index is 1.93. The van der Waals surface area contributed by atoms with Gasteiger partial charge in [-0.1, -0.05) is 72.9 Å². The molecule has 0 fully saturated rings. The number of alkyl halides is 2. The van der Waals surface area contributed by atoms with Gasteiger partial charge in [-0.05, 0) is 24.3 Å². The Kier molecular flexibility index (Phi) is 4.34. The molecule has 4 nitrogen and oxygen atoms in total. The van der Waals surface area contributed by atoms with Crippen LogP contribution in [0.1, 0.15) is 10.4 Å². The van der Waals surface area contributed by atoms with Crippen LogP contribution >= 0.6 is 43.5 Å². The number of benzene rings is 2. The Labute approximate surface area is 148 Å². The Morgan fingerprint density at radius 1 is 1.14 bits per heavy atom. The van der Waals surface area contributed by atoms with Crippen LogP contribution in [0, 0.1) is 0 Å². The zero-order valence-corrected chi connectivity index (χ0v) is 15.1. The summed E-state index contributed by atoms with van der Waals surface area (Å²) in [6, 6.07) is 14.5. The van der Waals surface area contributed by atoms with Gasteiger partial charge in [0.1, 0.15) is 5.52 Å². The number of hydrogen-bond donors (Lipinski definition) is 0. The van der Waals surface area contributed by atoms with Crippen molar-refractivity contribution >= 4 is 60.3 Å². The zero-order chi connectivity index (χ0) is 15.7. The van der Waals surface area contributed by atoms with Gasteiger partial charge in [-0.15, -0.1) is 5.10 Å². The fourth-order valence-electron chi connectivity index (χ4n) is 2.14. The van der Waals surface area contributed by atoms with Gasteiger partial charge < -0.3 is 0 Å². The first-order valence-corrected chi connectivity index (χ1v) is 8.41. The van der Waals surface area contributed by atoms with Crippen molar-refractivity contribution in [2.75, 3.05) is 0 Å². The van der Waals surface area contributed by atoms with Crippen molar-refractivity contribution in [3.8, 4) is 0 Å². The predicted octanol–water partition coefficient (Wildman–Crippen LogP) is 4.45. The smallest absolute Gasteiger partial charge is 0.193 e. The van der Waals surface area contributed by atoms with Crippen LogP contribution in [0.3, 0.4) is 0 Å². The summed E-state index contributed by atoms with van der Waals surface area (Å²) in [5.74, 6) is -0.169. The van der Waals surface area contributed by atoms with E-state index in [9.17, 15) is 4.79 Å². The monoisotopic (exact) mass is 441 g/mol. The van der Waals surface area contributed by atoms with Gasteiger partial charge in [-0.25, -0.2) is 4.68 Å². The first kappa shape index (κ1) is 15.6. The van der Waals surface area contributed by atoms with Crippen molar-refractivity contribution < 1.29 is 4.79 Å². The van der Waals surface area contributed by atoms with Crippen molar-refractivity contribution in [3.05, 3.63) is 59.1 Å². The Morgan fingerprint density at radius 3 is 2.59 bits per heavy atom. The summed E-state index contributed by atoms with van der Waals surface area (Å²) in [6.07, 6.45) is 0. The minimum Gasteiger partial charge on any atom is -0.291 e. The summed E-state index contributed by atoms with van der Waals surface area (Å²) in [5.41, 5.74) is 2.09. The topological polar surface area (TPSA) is 47.8 Å². The molecule has 0 atom stereocenters. The van der Waals surface area contributed by atoms with E-state index in [-0.39, 0.29) is 12.3 Å². The van der Waals surface area contributed by atoms with Crippen molar-refractivity contribution in [3.63, 3.8) is 0 Å². The quantitative estimate of drug-likeness (QED) is 0.442. The Hall–Kier alpha value is -1.24. The molecule has 0 radical (unpaired) electrons. The molecule has 7 heteroatoms. The largest absolute Gasteiger partial charge is 0.291 e. The van der Waals surface area contributed by atoms with E-state index in [1.54, 1.807) is 28.9 Å². The van der Waals surface area contributed by atoms with E-state index >= 15 is 0 Å². The number of carbonyl (C=O) groups is 1. The van der Waals surface area contributed by atoms with Crippen LogP contribution in [-0.2, 0) is 6.54 Å². The molecule has 3 aromatic rings. The lowest BCUT2D eigenvalue weighted by molar-refractivity contribution is 0.0976. The van der Waals surface area contributed by atoms with E-state index in [0.29, 0.717) is 10.6 Å². The van der Waals surface area contributed by atoms with E-state index < -0.39 is 3.23 Å². The molecule has 1 aromatic heterocycles. The molecule has 2 aromatic carbocycles. The zero-order valence-electron chi connectivity index (χ0n) is 11.2. The maximum Gasteiger partial charge on any atom is 0.193 e. The highest BCUT2D eigenvalue weighted by Crippen LogP contribution is 2.35. The molecule has 0 aliphatic carbocycles. The van der Waals surface area contributed by atoms with Crippen LogP contribution in [0.15, 0.2) is 48.5 Å². The van der Waals surface area contributed by atoms with Gasteiger partial charge >= 0.3 is 0 Å². The molecule has 1 heterocycles. The highest BCUT2D eigenvalue weighted by molar-refractivity contribution is 9.25. The van der Waals surface area contributed by atoms with Gasteiger partial charge in [0.05, 0.1) is 17.1 Å². The number of rotatable bonds is 4. The van der Waals surface area contributed by atoms with Crippen LogP contribution < -0.4 is 0 Å². The van der Waals surface area contributed by atoms with Crippen molar-refractivity contribution in [2.24, 2.45) is 0 Å². The summed E-state index contributed by atoms with van der Waals surface area (Å²) in [6.45, 7) is 0.275. The van der Waals surface area contributed by atoms with Gasteiger partial charge in [0, 0.05) is 5.56 Å². The SMILES string of the molecule is O=C(c1ccccc1Cl)C(Br)(Br)Cn1nnc2ccccc21. The van der Waals surface area contributed by atoms with Gasteiger partial charge in [-0.3, -0.25) is 4.79 Å². The molecular weight excluding hydrogens is 433 g/mol. The predicted molar refractivity (Wildman–Crippen MR) is 93.9 cm³/mol. The second kappa shape index (κ2) is 6.10. The van der Waals surface area contributed by atoms with Gasteiger partial charge in [0.25, 0.3) is 0 Å². The molecule has 0 aliphatic heterocycles. The highest BCUT2D eigenvalue weighted by atomic mass is 79.9. The number of hydrogen-bond acceptors (Lipinski definition) is 3. The second-order valence-corrected chi connectivity index (χ2v) is 8.93. The van der Waals surface area contributed by atoms with E-state index in [0.717, 1.165) is 11.0 Å². The molecule has 0 N–H and O–H groups in total. The minimum absolute atomic E-state index is 0.169. The van der Waals surface area contributed by atoms with E-state index in [1.807, 2.05) is 24.3 Å². The van der Waals surface area contributed by atoms with Crippen LogP contribution in [0.2, 0.25) is 5.02 Å². The number of aromatic nitrogens is 3. The molecule has 0 unspecified atom stereocenters. The molecule has 0 saturated heterocycles. The van der Waals surface area contributed by atoms with Crippen molar-refractivity contribution in [1.29, 1.82) is 0 Å². The molecule has 22 heavy (non-hydrogen) atoms. The van der Waals surface area contributed by atoms with Gasteiger partial charge in [0.2, 0.25) is 0 Å². The summed E-state index contributed by atoms with van der Waals surface area (Å²) in [7, 11) is 0. The maximum absolute atomic E-state index is 12.7. The molecule has 0 spiro atoms. The van der Waals surface area contributed by atoms with Crippen LogP contribution in [0.5, 0.6) is 0 Å². The molecule has 3 rings (SSSR count). The summed E-state index contributed by atoms with van der Waals surface area (Å²) < 4.78 is 0.662. The normalized spacial score (nSPS) is 11.8. The van der Waals surface area contributed by atoms with Gasteiger partial charge in [0.15, 0.2) is 9.02 Å². The molecule has 0 aliphatic rings. The third-order valence-electron chi connectivity index (χ3n) is 3.22. The van der Waals surface area contributed by atoms with Crippen LogP contribution in [-0.4, -0.2) is 24.0 Å². The third-order valence-corrected chi connectivity index (χ3v) is 4.77. The molecule has 0 bridgehead atoms. The number of nitrogens with zero attached hydrogens (tertiary/aromatic N) is 3. The Bertz CT molecular complexity index is 847.